The second-order valence-electron chi connectivity index (χ2n) is 3.52. The van der Waals surface area contributed by atoms with Crippen LogP contribution in [0, 0.1) is 6.07 Å². The number of fused-ring (bicyclic) bond motifs is 1. The van der Waals surface area contributed by atoms with Gasteiger partial charge in [-0.05, 0) is 12.2 Å². The van der Waals surface area contributed by atoms with Gasteiger partial charge in [-0.2, -0.15) is 0 Å². The van der Waals surface area contributed by atoms with E-state index in [0.717, 1.165) is 11.3 Å². The average Bonchev–Trinajstić information content (AvgIpc) is 2.74. The first-order valence-electron chi connectivity index (χ1n) is 4.96. The first kappa shape index (κ1) is 11.2. The molecule has 0 spiro atoms. The van der Waals surface area contributed by atoms with Gasteiger partial charge in [0.1, 0.15) is 5.71 Å². The third kappa shape index (κ3) is 1.85. The van der Waals surface area contributed by atoms with E-state index >= 15 is 0 Å². The monoisotopic (exact) mass is 389 g/mol. The number of benzene rings is 1. The second-order valence-corrected chi connectivity index (χ2v) is 3.52. The van der Waals surface area contributed by atoms with Crippen LogP contribution in [0.2, 0.25) is 0 Å². The molecule has 0 amide bonds. The van der Waals surface area contributed by atoms with E-state index in [1.807, 2.05) is 42.9 Å². The maximum atomic E-state index is 4.43. The van der Waals surface area contributed by atoms with E-state index in [1.165, 1.54) is 0 Å². The number of rotatable bonds is 1. The van der Waals surface area contributed by atoms with E-state index in [0.29, 0.717) is 0 Å². The van der Waals surface area contributed by atoms with Crippen LogP contribution in [0.1, 0.15) is 5.56 Å². The van der Waals surface area contributed by atoms with Gasteiger partial charge in [-0.3, -0.25) is 0 Å². The molecule has 3 rings (SSSR count). The molecular weight excluding hydrogens is 379 g/mol. The summed E-state index contributed by atoms with van der Waals surface area (Å²) < 4.78 is 2.09. The molecule has 3 heteroatoms. The van der Waals surface area contributed by atoms with E-state index in [9.17, 15) is 0 Å². The summed E-state index contributed by atoms with van der Waals surface area (Å²) in [5.41, 5.74) is 2.14. The molecule has 0 bridgehead atoms. The van der Waals surface area contributed by atoms with E-state index < -0.39 is 0 Å². The molecule has 0 N–H and O–H groups in total. The van der Waals surface area contributed by atoms with Crippen LogP contribution in [0.15, 0.2) is 53.7 Å². The number of hydrogen-bond acceptors (Lipinski definition) is 1. The molecule has 0 fully saturated rings. The Morgan fingerprint density at radius 3 is 3.00 bits per heavy atom. The van der Waals surface area contributed by atoms with E-state index in [-0.39, 0.29) is 27.1 Å². The van der Waals surface area contributed by atoms with Gasteiger partial charge in [-0.25, -0.2) is 4.58 Å². The Bertz CT molecular complexity index is 498. The van der Waals surface area contributed by atoms with Crippen LogP contribution in [0.4, 0.5) is 0 Å². The van der Waals surface area contributed by atoms with Crippen LogP contribution in [0.25, 0.3) is 0 Å². The molecular formula is C13H10N2Pt. The third-order valence-corrected chi connectivity index (χ3v) is 2.58. The minimum atomic E-state index is 0. The van der Waals surface area contributed by atoms with Gasteiger partial charge in [0.2, 0.25) is 0 Å². The van der Waals surface area contributed by atoms with Crippen LogP contribution in [-0.4, -0.2) is 22.7 Å². The van der Waals surface area contributed by atoms with Gasteiger partial charge < -0.3 is 0 Å². The van der Waals surface area contributed by atoms with Gasteiger partial charge in [-0.15, -0.1) is 30.3 Å². The number of hydrogen-bond donors (Lipinski definition) is 0. The standard InChI is InChI=1S/C13H10N2.Pt/c1-2-6-11(7-3-1)13-12-8-4-5-9-15(12)10-14-13;/h1-6,8-10,12H;. The van der Waals surface area contributed by atoms with Gasteiger partial charge in [0.25, 0.3) is 6.34 Å². The SMILES string of the molecule is [Pt].[c-]1ccccc1C1=NC=[N+]2C=CC=CC12. The number of nitrogens with zero attached hydrogens (tertiary/aromatic N) is 2. The van der Waals surface area contributed by atoms with Gasteiger partial charge in [-0.1, -0.05) is 16.6 Å². The maximum absolute atomic E-state index is 4.43. The first-order valence-corrected chi connectivity index (χ1v) is 4.96. The molecule has 1 unspecified atom stereocenters. The molecule has 0 aromatic heterocycles. The van der Waals surface area contributed by atoms with E-state index in [4.69, 9.17) is 0 Å². The predicted octanol–water partition coefficient (Wildman–Crippen LogP) is 1.78. The zero-order valence-electron chi connectivity index (χ0n) is 8.48. The third-order valence-electron chi connectivity index (χ3n) is 2.58. The van der Waals surface area contributed by atoms with Gasteiger partial charge in [0, 0.05) is 21.1 Å². The van der Waals surface area contributed by atoms with Crippen molar-refractivity contribution in [1.82, 2.24) is 0 Å². The van der Waals surface area contributed by atoms with Crippen LogP contribution in [0.3, 0.4) is 0 Å². The van der Waals surface area contributed by atoms with Crippen molar-refractivity contribution in [2.24, 2.45) is 4.99 Å². The summed E-state index contributed by atoms with van der Waals surface area (Å²) in [7, 11) is 0. The minimum Gasteiger partial charge on any atom is -0.232 e. The van der Waals surface area contributed by atoms with Crippen molar-refractivity contribution in [2.75, 3.05) is 0 Å². The Kier molecular flexibility index (Phi) is 3.30. The fraction of sp³-hybridized carbons (Fsp3) is 0.0769. The molecule has 1 aromatic carbocycles. The molecule has 0 saturated heterocycles. The van der Waals surface area contributed by atoms with Crippen LogP contribution < -0.4 is 0 Å². The Morgan fingerprint density at radius 2 is 2.19 bits per heavy atom. The van der Waals surface area contributed by atoms with Crippen molar-refractivity contribution in [3.05, 3.63) is 60.3 Å². The predicted molar refractivity (Wildman–Crippen MR) is 60.2 cm³/mol. The fourth-order valence-electron chi connectivity index (χ4n) is 1.84. The summed E-state index contributed by atoms with van der Waals surface area (Å²) in [6.45, 7) is 0. The Labute approximate surface area is 109 Å². The summed E-state index contributed by atoms with van der Waals surface area (Å²) in [5.74, 6) is 0. The van der Waals surface area contributed by atoms with Crippen molar-refractivity contribution < 1.29 is 25.6 Å². The van der Waals surface area contributed by atoms with Gasteiger partial charge in [0.05, 0.1) is 6.20 Å². The smallest absolute Gasteiger partial charge is 0.232 e. The summed E-state index contributed by atoms with van der Waals surface area (Å²) in [6, 6.07) is 11.4. The molecule has 1 atom stereocenters. The van der Waals surface area contributed by atoms with Crippen molar-refractivity contribution in [1.29, 1.82) is 0 Å². The molecule has 1 aromatic rings. The maximum Gasteiger partial charge on any atom is 0.276 e. The zero-order valence-corrected chi connectivity index (χ0v) is 10.8. The van der Waals surface area contributed by atoms with Gasteiger partial charge >= 0.3 is 0 Å². The first-order chi connectivity index (χ1) is 7.45. The van der Waals surface area contributed by atoms with Crippen molar-refractivity contribution in [3.8, 4) is 0 Å². The van der Waals surface area contributed by atoms with E-state index in [2.05, 4.69) is 27.8 Å². The minimum absolute atomic E-state index is 0. The van der Waals surface area contributed by atoms with Crippen LogP contribution >= 0.6 is 0 Å². The Balaban J connectivity index is 0.000000963. The van der Waals surface area contributed by atoms with Gasteiger partial charge in [0.15, 0.2) is 6.04 Å². The van der Waals surface area contributed by atoms with Crippen molar-refractivity contribution in [3.63, 3.8) is 0 Å². The molecule has 0 saturated carbocycles. The quantitative estimate of drug-likeness (QED) is 0.514. The molecule has 2 heterocycles. The number of allylic oxidation sites excluding steroid dienone is 2. The van der Waals surface area contributed by atoms with Crippen LogP contribution in [-0.2, 0) is 21.1 Å². The molecule has 82 valence electrons. The van der Waals surface area contributed by atoms with Crippen LogP contribution in [0.5, 0.6) is 0 Å². The summed E-state index contributed by atoms with van der Waals surface area (Å²) in [6.07, 6.45) is 10.1. The summed E-state index contributed by atoms with van der Waals surface area (Å²) >= 11 is 0. The Hall–Kier alpha value is -1.27. The molecule has 0 aliphatic carbocycles. The molecule has 2 nitrogen and oxygen atoms in total. The normalized spacial score (nSPS) is 20.9. The topological polar surface area (TPSA) is 15.4 Å². The number of aliphatic imine (C=N–C) groups is 1. The second kappa shape index (κ2) is 4.71. The Morgan fingerprint density at radius 1 is 1.25 bits per heavy atom. The van der Waals surface area contributed by atoms with E-state index in [1.54, 1.807) is 0 Å². The summed E-state index contributed by atoms with van der Waals surface area (Å²) in [4.78, 5) is 4.43. The molecule has 16 heavy (non-hydrogen) atoms. The zero-order chi connectivity index (χ0) is 10.1. The summed E-state index contributed by atoms with van der Waals surface area (Å²) in [5, 5.41) is 0. The van der Waals surface area contributed by atoms with Crippen molar-refractivity contribution >= 4 is 12.1 Å². The fourth-order valence-corrected chi connectivity index (χ4v) is 1.84. The largest absolute Gasteiger partial charge is 0.276 e. The average molecular weight is 389 g/mol. The molecule has 0 radical (unpaired) electrons. The molecule has 2 aliphatic rings. The van der Waals surface area contributed by atoms with Crippen molar-refractivity contribution in [2.45, 2.75) is 6.04 Å². The molecule has 2 aliphatic heterocycles.